The summed E-state index contributed by atoms with van der Waals surface area (Å²) in [6, 6.07) is 15.0. The van der Waals surface area contributed by atoms with Gasteiger partial charge in [0.05, 0.1) is 48.7 Å². The molecule has 7 N–H and O–H groups in total. The Kier molecular flexibility index (Phi) is 15.8. The van der Waals surface area contributed by atoms with Gasteiger partial charge in [-0.05, 0) is 84.4 Å². The molecule has 25 heteroatoms. The molecule has 0 aromatic heterocycles. The molecule has 0 fully saturated rings. The summed E-state index contributed by atoms with van der Waals surface area (Å²) in [7, 11) is -15.6. The molecule has 0 amide bonds. The molecule has 0 atom stereocenters. The topological polar surface area (TPSA) is 341 Å². The van der Waals surface area contributed by atoms with Gasteiger partial charge >= 0.3 is 88.7 Å². The van der Waals surface area contributed by atoms with Crippen molar-refractivity contribution in [1.82, 2.24) is 0 Å². The molecule has 1 aliphatic carbocycles. The van der Waals surface area contributed by atoms with E-state index in [0.717, 1.165) is 24.3 Å². The molecule has 0 saturated heterocycles. The fraction of sp³-hybridized carbons (Fsp3) is 0. The molecule has 4 aromatic rings. The third-order valence-electron chi connectivity index (χ3n) is 6.71. The van der Waals surface area contributed by atoms with E-state index >= 15 is 0 Å². The van der Waals surface area contributed by atoms with E-state index in [-0.39, 0.29) is 100 Å². The van der Waals surface area contributed by atoms with Crippen LogP contribution in [0.2, 0.25) is 0 Å². The van der Waals surface area contributed by atoms with Crippen molar-refractivity contribution in [2.45, 2.75) is 9.79 Å². The van der Waals surface area contributed by atoms with Gasteiger partial charge in [0.15, 0.2) is 0 Å². The number of fused-ring (bicyclic) bond motifs is 1. The van der Waals surface area contributed by atoms with E-state index in [4.69, 9.17) is 17.2 Å². The zero-order valence-corrected chi connectivity index (χ0v) is 36.2. The van der Waals surface area contributed by atoms with Crippen LogP contribution in [0.5, 0.6) is 0 Å². The molecule has 5 rings (SSSR count). The zero-order chi connectivity index (χ0) is 36.6. The van der Waals surface area contributed by atoms with Crippen LogP contribution < -0.4 is 111 Å². The third kappa shape index (κ3) is 11.1. The zero-order valence-electron chi connectivity index (χ0n) is 27.8. The molecule has 0 unspecified atom stereocenters. The number of allylic oxidation sites excluding steroid dienone is 1. The number of rotatable bonds is 9. The number of nitrogens with zero attached hydrogens (tertiary/aromatic N) is 5. The van der Waals surface area contributed by atoms with Crippen molar-refractivity contribution >= 4 is 93.4 Å². The summed E-state index contributed by atoms with van der Waals surface area (Å²) in [5.74, 6) is -1.29. The molecule has 0 radical (unpaired) electrons. The standard InChI is InChI=1S/C28H23N9O10S3.3Na/c29-15-1-10-21(20(30)13-15)35-32-16-2-4-17(5-3-16)33-36-26-22(49(42,43)44)11-14-12-23(50(45,46)47)27(28(38)24(14)25(26)31)37-34-18-6-8-19(9-7-18)48(39,40)41;;;/h1-13,34H,29-31H2,(H,39,40,41)(H,42,43,44)(H,45,46,47);;;/q;3*+1/p-3. The Balaban J connectivity index is 0.00000324. The first-order valence-electron chi connectivity index (χ1n) is 13.5. The van der Waals surface area contributed by atoms with Crippen LogP contribution in [0, 0.1) is 0 Å². The van der Waals surface area contributed by atoms with Crippen LogP contribution in [-0.4, -0.2) is 50.4 Å². The van der Waals surface area contributed by atoms with E-state index in [1.807, 2.05) is 0 Å². The van der Waals surface area contributed by atoms with Crippen molar-refractivity contribution < 1.29 is 132 Å². The van der Waals surface area contributed by atoms with Crippen molar-refractivity contribution in [3.05, 3.63) is 88.8 Å². The number of nitrogen functional groups attached to an aromatic ring is 3. The van der Waals surface area contributed by atoms with Crippen LogP contribution in [-0.2, 0) is 30.4 Å². The number of azo groups is 2. The van der Waals surface area contributed by atoms with Gasteiger partial charge in [-0.15, -0.1) is 10.2 Å². The first-order valence-corrected chi connectivity index (χ1v) is 17.7. The summed E-state index contributed by atoms with van der Waals surface area (Å²) in [6.45, 7) is 0. The fourth-order valence-corrected chi connectivity index (χ4v) is 6.15. The second kappa shape index (κ2) is 18.1. The van der Waals surface area contributed by atoms with Gasteiger partial charge in [0.25, 0.3) is 0 Å². The van der Waals surface area contributed by atoms with Gasteiger partial charge in [-0.3, -0.25) is 10.2 Å². The van der Waals surface area contributed by atoms with Crippen molar-refractivity contribution in [2.75, 3.05) is 22.6 Å². The van der Waals surface area contributed by atoms with Crippen molar-refractivity contribution in [3.8, 4) is 0 Å². The Bertz CT molecular complexity index is 2530. The number of hydrazone groups is 1. The van der Waals surface area contributed by atoms with Crippen LogP contribution in [0.4, 0.5) is 45.5 Å². The SMILES string of the molecule is Nc1ccc(N=Nc2ccc(N=Nc3c(S(=O)(=O)[O-])cc4c(c3N)C(=O)C(=NNc3ccc(S(=O)(=O)[O-])cc3)C(S(=O)(=O)[O-])=C4)cc2)c(N)c1.[Na+].[Na+].[Na+]. The van der Waals surface area contributed by atoms with Gasteiger partial charge in [-0.25, -0.2) is 25.3 Å². The fourth-order valence-electron chi connectivity index (χ4n) is 4.37. The second-order valence-corrected chi connectivity index (χ2v) is 14.2. The Morgan fingerprint density at radius 3 is 1.72 bits per heavy atom. The molecular formula is C28H20N9Na3O10S3. The monoisotopic (exact) mass is 807 g/mol. The largest absolute Gasteiger partial charge is 1.00 e. The van der Waals surface area contributed by atoms with E-state index < -0.39 is 79.0 Å². The molecule has 53 heavy (non-hydrogen) atoms. The molecule has 19 nitrogen and oxygen atoms in total. The Morgan fingerprint density at radius 1 is 0.642 bits per heavy atom. The predicted molar refractivity (Wildman–Crippen MR) is 176 cm³/mol. The minimum Gasteiger partial charge on any atom is -0.744 e. The summed E-state index contributed by atoms with van der Waals surface area (Å²) in [6.07, 6.45) is 0.601. The van der Waals surface area contributed by atoms with Crippen LogP contribution in [0.3, 0.4) is 0 Å². The Morgan fingerprint density at radius 2 is 1.21 bits per heavy atom. The van der Waals surface area contributed by atoms with Crippen molar-refractivity contribution in [3.63, 3.8) is 0 Å². The number of ketones is 1. The average molecular weight is 808 g/mol. The summed E-state index contributed by atoms with van der Waals surface area (Å²) < 4.78 is 107. The summed E-state index contributed by atoms with van der Waals surface area (Å²) >= 11 is 0. The van der Waals surface area contributed by atoms with Crippen LogP contribution >= 0.6 is 0 Å². The number of hydrogen-bond donors (Lipinski definition) is 4. The summed E-state index contributed by atoms with van der Waals surface area (Å²) in [5, 5.41) is 19.5. The maximum Gasteiger partial charge on any atom is 1.00 e. The first kappa shape index (κ1) is 46.2. The van der Waals surface area contributed by atoms with Gasteiger partial charge in [0.2, 0.25) is 5.78 Å². The van der Waals surface area contributed by atoms with E-state index in [1.54, 1.807) is 12.1 Å². The summed E-state index contributed by atoms with van der Waals surface area (Å²) in [4.78, 5) is 10.7. The van der Waals surface area contributed by atoms with Crippen LogP contribution in [0.25, 0.3) is 6.08 Å². The number of anilines is 4. The minimum atomic E-state index is -5.46. The number of benzene rings is 4. The molecule has 0 aliphatic heterocycles. The number of nitrogens with one attached hydrogen (secondary N) is 1. The van der Waals surface area contributed by atoms with Gasteiger partial charge < -0.3 is 30.9 Å². The van der Waals surface area contributed by atoms with E-state index in [9.17, 15) is 43.7 Å². The molecule has 1 aliphatic rings. The Hall–Kier alpha value is -2.91. The van der Waals surface area contributed by atoms with E-state index in [1.165, 1.54) is 30.3 Å². The van der Waals surface area contributed by atoms with Gasteiger partial charge in [-0.1, -0.05) is 0 Å². The quantitative estimate of drug-likeness (QED) is 0.0404. The molecule has 0 bridgehead atoms. The molecule has 0 heterocycles. The average Bonchev–Trinajstić information content (AvgIpc) is 3.02. The first-order chi connectivity index (χ1) is 23.3. The second-order valence-electron chi connectivity index (χ2n) is 10.1. The summed E-state index contributed by atoms with van der Waals surface area (Å²) in [5.41, 5.74) is 17.9. The molecule has 0 spiro atoms. The minimum absolute atomic E-state index is 0. The normalized spacial score (nSPS) is 13.8. The van der Waals surface area contributed by atoms with E-state index in [2.05, 4.69) is 31.0 Å². The van der Waals surface area contributed by atoms with Crippen LogP contribution in [0.1, 0.15) is 15.9 Å². The van der Waals surface area contributed by atoms with Gasteiger partial charge in [-0.2, -0.15) is 15.3 Å². The van der Waals surface area contributed by atoms with Crippen molar-refractivity contribution in [1.29, 1.82) is 0 Å². The number of carbonyl (C=O) groups excluding carboxylic acids is 1. The number of Topliss-reactive ketones (excluding diaryl/α,β-unsaturated/α-hetero) is 1. The third-order valence-corrected chi connectivity index (χ3v) is 9.26. The number of nitrogens with two attached hydrogens (primary N) is 3. The maximum atomic E-state index is 13.6. The maximum absolute atomic E-state index is 13.6. The molecule has 4 aromatic carbocycles. The predicted octanol–water partition coefficient (Wildman–Crippen LogP) is -5.37. The molecule has 258 valence electrons. The molecule has 0 saturated carbocycles. The van der Waals surface area contributed by atoms with Gasteiger partial charge in [0.1, 0.15) is 47.4 Å². The van der Waals surface area contributed by atoms with Crippen molar-refractivity contribution in [2.24, 2.45) is 25.6 Å². The van der Waals surface area contributed by atoms with E-state index in [0.29, 0.717) is 34.9 Å². The van der Waals surface area contributed by atoms with Crippen LogP contribution in [0.15, 0.2) is 113 Å². The number of hydrogen-bond acceptors (Lipinski definition) is 19. The number of carbonyl (C=O) groups is 1. The Labute approximate surface area is 368 Å². The molecular weight excluding hydrogens is 788 g/mol. The van der Waals surface area contributed by atoms with Gasteiger partial charge in [0, 0.05) is 5.69 Å². The smallest absolute Gasteiger partial charge is 0.744 e.